The van der Waals surface area contributed by atoms with Crippen LogP contribution in [0, 0.1) is 17.0 Å². The van der Waals surface area contributed by atoms with Crippen molar-refractivity contribution in [1.29, 1.82) is 0 Å². The number of ether oxygens (including phenoxy) is 1. The first-order valence-corrected chi connectivity index (χ1v) is 6.27. The Balaban J connectivity index is 2.58. The first-order chi connectivity index (χ1) is 8.16. The van der Waals surface area contributed by atoms with Crippen molar-refractivity contribution in [2.75, 3.05) is 12.4 Å². The first kappa shape index (κ1) is 13.8. The largest absolute Gasteiger partial charge is 0.487 e. The van der Waals surface area contributed by atoms with E-state index in [1.807, 2.05) is 0 Å². The summed E-state index contributed by atoms with van der Waals surface area (Å²) >= 11 is 4.12. The van der Waals surface area contributed by atoms with Crippen LogP contribution in [0.15, 0.2) is 18.2 Å². The lowest BCUT2D eigenvalue weighted by Crippen LogP contribution is -2.02. The number of hydrogen-bond donors (Lipinski definition) is 1. The van der Waals surface area contributed by atoms with Crippen LogP contribution in [0.2, 0.25) is 0 Å². The Kier molecular flexibility index (Phi) is 5.83. The number of hydrogen-bond acceptors (Lipinski definition) is 4. The monoisotopic (exact) mass is 255 g/mol. The molecule has 1 rings (SSSR count). The third kappa shape index (κ3) is 4.26. The number of aryl methyl sites for hydroxylation is 1. The summed E-state index contributed by atoms with van der Waals surface area (Å²) in [5.41, 5.74) is 0.699. The quantitative estimate of drug-likeness (QED) is 0.352. The lowest BCUT2D eigenvalue weighted by atomic mass is 10.2. The molecule has 0 aliphatic rings. The van der Waals surface area contributed by atoms with Gasteiger partial charge in [-0.25, -0.2) is 0 Å². The summed E-state index contributed by atoms with van der Waals surface area (Å²) in [6.07, 6.45) is 2.97. The molecule has 0 atom stereocenters. The fourth-order valence-corrected chi connectivity index (χ4v) is 1.78. The van der Waals surface area contributed by atoms with Crippen LogP contribution in [0.1, 0.15) is 24.8 Å². The van der Waals surface area contributed by atoms with Crippen molar-refractivity contribution in [2.45, 2.75) is 26.2 Å². The molecule has 0 fully saturated rings. The Hall–Kier alpha value is -1.23. The fourth-order valence-electron chi connectivity index (χ4n) is 1.56. The standard InChI is InChI=1S/C12H17NO3S/c1-10-6-5-7-11(12(10)13(14)15)16-8-3-2-4-9-17/h5-7,17H,2-4,8-9H2,1H3. The number of nitrogens with zero attached hydrogens (tertiary/aromatic N) is 1. The minimum absolute atomic E-state index is 0.0710. The SMILES string of the molecule is Cc1cccc(OCCCCCS)c1[N+](=O)[O-]. The van der Waals surface area contributed by atoms with Crippen LogP contribution in [0.5, 0.6) is 5.75 Å². The van der Waals surface area contributed by atoms with Gasteiger partial charge in [0.25, 0.3) is 0 Å². The van der Waals surface area contributed by atoms with Gasteiger partial charge in [-0.1, -0.05) is 12.1 Å². The van der Waals surface area contributed by atoms with Crippen LogP contribution in [0.3, 0.4) is 0 Å². The predicted octanol–water partition coefficient (Wildman–Crippen LogP) is 3.38. The van der Waals surface area contributed by atoms with Gasteiger partial charge >= 0.3 is 5.69 Å². The number of thiol groups is 1. The number of nitro benzene ring substituents is 1. The van der Waals surface area contributed by atoms with Gasteiger partial charge in [-0.3, -0.25) is 10.1 Å². The highest BCUT2D eigenvalue weighted by atomic mass is 32.1. The van der Waals surface area contributed by atoms with Gasteiger partial charge < -0.3 is 4.74 Å². The van der Waals surface area contributed by atoms with Gasteiger partial charge in [-0.05, 0) is 38.0 Å². The van der Waals surface area contributed by atoms with E-state index in [9.17, 15) is 10.1 Å². The highest BCUT2D eigenvalue weighted by molar-refractivity contribution is 7.80. The zero-order valence-corrected chi connectivity index (χ0v) is 10.8. The van der Waals surface area contributed by atoms with Gasteiger partial charge in [0.15, 0.2) is 5.75 Å². The molecular weight excluding hydrogens is 238 g/mol. The van der Waals surface area contributed by atoms with Gasteiger partial charge in [0.05, 0.1) is 11.5 Å². The minimum atomic E-state index is -0.390. The summed E-state index contributed by atoms with van der Waals surface area (Å²) in [5.74, 6) is 1.23. The molecule has 0 aliphatic heterocycles. The second-order valence-corrected chi connectivity index (χ2v) is 4.26. The van der Waals surface area contributed by atoms with Crippen molar-refractivity contribution in [3.63, 3.8) is 0 Å². The Morgan fingerprint density at radius 1 is 1.35 bits per heavy atom. The molecule has 1 aromatic rings. The van der Waals surface area contributed by atoms with E-state index in [2.05, 4.69) is 12.6 Å². The molecule has 0 saturated heterocycles. The third-order valence-electron chi connectivity index (χ3n) is 2.44. The van der Waals surface area contributed by atoms with Gasteiger partial charge in [-0.2, -0.15) is 12.6 Å². The van der Waals surface area contributed by atoms with Crippen molar-refractivity contribution in [3.05, 3.63) is 33.9 Å². The number of nitro groups is 1. The molecule has 0 bridgehead atoms. The van der Waals surface area contributed by atoms with Gasteiger partial charge in [0, 0.05) is 5.56 Å². The lowest BCUT2D eigenvalue weighted by molar-refractivity contribution is -0.386. The van der Waals surface area contributed by atoms with Gasteiger partial charge in [0.2, 0.25) is 0 Å². The zero-order chi connectivity index (χ0) is 12.7. The first-order valence-electron chi connectivity index (χ1n) is 5.64. The summed E-state index contributed by atoms with van der Waals surface area (Å²) in [5, 5.41) is 10.9. The van der Waals surface area contributed by atoms with E-state index in [-0.39, 0.29) is 5.69 Å². The summed E-state index contributed by atoms with van der Waals surface area (Å²) in [4.78, 5) is 10.5. The lowest BCUT2D eigenvalue weighted by Gasteiger charge is -2.07. The minimum Gasteiger partial charge on any atom is -0.487 e. The molecule has 0 aromatic heterocycles. The predicted molar refractivity (Wildman–Crippen MR) is 71.0 cm³/mol. The van der Waals surface area contributed by atoms with E-state index in [1.165, 1.54) is 0 Å². The number of benzene rings is 1. The molecular formula is C12H17NO3S. The summed E-state index contributed by atoms with van der Waals surface area (Å²) in [6.45, 7) is 2.23. The molecule has 5 heteroatoms. The molecule has 94 valence electrons. The van der Waals surface area contributed by atoms with Crippen LogP contribution in [0.4, 0.5) is 5.69 Å². The topological polar surface area (TPSA) is 52.4 Å². The van der Waals surface area contributed by atoms with E-state index in [1.54, 1.807) is 25.1 Å². The molecule has 0 radical (unpaired) electrons. The van der Waals surface area contributed by atoms with E-state index in [0.717, 1.165) is 25.0 Å². The van der Waals surface area contributed by atoms with E-state index in [0.29, 0.717) is 17.9 Å². The Morgan fingerprint density at radius 2 is 2.12 bits per heavy atom. The van der Waals surface area contributed by atoms with E-state index in [4.69, 9.17) is 4.74 Å². The normalized spacial score (nSPS) is 10.2. The highest BCUT2D eigenvalue weighted by Gasteiger charge is 2.17. The zero-order valence-electron chi connectivity index (χ0n) is 9.89. The number of para-hydroxylation sites is 1. The second kappa shape index (κ2) is 7.17. The van der Waals surface area contributed by atoms with Crippen molar-refractivity contribution < 1.29 is 9.66 Å². The van der Waals surface area contributed by atoms with Crippen molar-refractivity contribution in [2.24, 2.45) is 0 Å². The maximum atomic E-state index is 10.9. The molecule has 0 saturated carbocycles. The summed E-state index contributed by atoms with van der Waals surface area (Å²) in [7, 11) is 0. The van der Waals surface area contributed by atoms with Crippen LogP contribution in [-0.2, 0) is 0 Å². The Morgan fingerprint density at radius 3 is 2.76 bits per heavy atom. The molecule has 0 heterocycles. The fraction of sp³-hybridized carbons (Fsp3) is 0.500. The molecule has 0 spiro atoms. The highest BCUT2D eigenvalue weighted by Crippen LogP contribution is 2.30. The van der Waals surface area contributed by atoms with Crippen LogP contribution in [-0.4, -0.2) is 17.3 Å². The average Bonchev–Trinajstić information content (AvgIpc) is 2.28. The maximum absolute atomic E-state index is 10.9. The summed E-state index contributed by atoms with van der Waals surface area (Å²) in [6, 6.07) is 5.13. The smallest absolute Gasteiger partial charge is 0.313 e. The van der Waals surface area contributed by atoms with E-state index >= 15 is 0 Å². The van der Waals surface area contributed by atoms with Crippen LogP contribution in [0.25, 0.3) is 0 Å². The van der Waals surface area contributed by atoms with Crippen molar-refractivity contribution in [3.8, 4) is 5.75 Å². The number of rotatable bonds is 7. The molecule has 17 heavy (non-hydrogen) atoms. The average molecular weight is 255 g/mol. The van der Waals surface area contributed by atoms with Crippen molar-refractivity contribution >= 4 is 18.3 Å². The van der Waals surface area contributed by atoms with Crippen LogP contribution < -0.4 is 4.74 Å². The summed E-state index contributed by atoms with van der Waals surface area (Å²) < 4.78 is 5.46. The molecule has 0 unspecified atom stereocenters. The van der Waals surface area contributed by atoms with Gasteiger partial charge in [0.1, 0.15) is 0 Å². The second-order valence-electron chi connectivity index (χ2n) is 3.81. The third-order valence-corrected chi connectivity index (χ3v) is 2.76. The van der Waals surface area contributed by atoms with Crippen molar-refractivity contribution in [1.82, 2.24) is 0 Å². The molecule has 4 nitrogen and oxygen atoms in total. The Labute approximate surface area is 107 Å². The molecule has 0 N–H and O–H groups in total. The molecule has 0 amide bonds. The Bertz CT molecular complexity index is 382. The maximum Gasteiger partial charge on any atom is 0.313 e. The molecule has 1 aromatic carbocycles. The van der Waals surface area contributed by atoms with Crippen LogP contribution >= 0.6 is 12.6 Å². The van der Waals surface area contributed by atoms with E-state index < -0.39 is 4.92 Å². The molecule has 0 aliphatic carbocycles. The van der Waals surface area contributed by atoms with Gasteiger partial charge in [-0.15, -0.1) is 0 Å². The number of unbranched alkanes of at least 4 members (excludes halogenated alkanes) is 2.